The average molecular weight is 230 g/mol. The first-order chi connectivity index (χ1) is 7.08. The van der Waals surface area contributed by atoms with E-state index < -0.39 is 10.0 Å². The number of hydrogen-bond acceptors (Lipinski definition) is 5. The largest absolute Gasteiger partial charge is 0.369 e. The molecule has 0 saturated carbocycles. The molecule has 2 N–H and O–H groups in total. The van der Waals surface area contributed by atoms with E-state index in [0.717, 1.165) is 6.26 Å². The summed E-state index contributed by atoms with van der Waals surface area (Å²) in [7, 11) is -3.07. The Bertz CT molecular complexity index is 379. The summed E-state index contributed by atoms with van der Waals surface area (Å²) in [6.07, 6.45) is 3.43. The Balaban J connectivity index is 2.13. The second-order valence-corrected chi connectivity index (χ2v) is 4.89. The highest BCUT2D eigenvalue weighted by molar-refractivity contribution is 7.88. The van der Waals surface area contributed by atoms with Crippen LogP contribution in [0.5, 0.6) is 0 Å². The van der Waals surface area contributed by atoms with E-state index in [-0.39, 0.29) is 0 Å². The van der Waals surface area contributed by atoms with Gasteiger partial charge < -0.3 is 5.32 Å². The molecule has 0 spiro atoms. The number of nitrogens with zero attached hydrogens (tertiary/aromatic N) is 2. The van der Waals surface area contributed by atoms with Gasteiger partial charge in [0.15, 0.2) is 0 Å². The highest BCUT2D eigenvalue weighted by atomic mass is 32.2. The van der Waals surface area contributed by atoms with Gasteiger partial charge in [0.2, 0.25) is 10.0 Å². The first kappa shape index (κ1) is 11.9. The monoisotopic (exact) mass is 230 g/mol. The van der Waals surface area contributed by atoms with Crippen molar-refractivity contribution < 1.29 is 8.42 Å². The van der Waals surface area contributed by atoms with Gasteiger partial charge in [0.1, 0.15) is 5.82 Å². The van der Waals surface area contributed by atoms with Crippen LogP contribution in [0.3, 0.4) is 0 Å². The molecular weight excluding hydrogens is 216 g/mol. The predicted molar refractivity (Wildman–Crippen MR) is 58.0 cm³/mol. The molecule has 0 saturated heterocycles. The molecule has 15 heavy (non-hydrogen) atoms. The summed E-state index contributed by atoms with van der Waals surface area (Å²) in [5, 5.41) is 10.5. The third kappa shape index (κ3) is 5.97. The lowest BCUT2D eigenvalue weighted by Gasteiger charge is -2.04. The van der Waals surface area contributed by atoms with Crippen molar-refractivity contribution in [1.82, 2.24) is 14.9 Å². The number of sulfonamides is 1. The van der Waals surface area contributed by atoms with Crippen LogP contribution in [0, 0.1) is 0 Å². The van der Waals surface area contributed by atoms with Gasteiger partial charge in [0.25, 0.3) is 0 Å². The van der Waals surface area contributed by atoms with Gasteiger partial charge in [-0.3, -0.25) is 0 Å². The van der Waals surface area contributed by atoms with Crippen molar-refractivity contribution >= 4 is 15.8 Å². The summed E-state index contributed by atoms with van der Waals surface area (Å²) in [5.41, 5.74) is 0. The highest BCUT2D eigenvalue weighted by Crippen LogP contribution is 1.96. The van der Waals surface area contributed by atoms with Crippen LogP contribution in [0.4, 0.5) is 5.82 Å². The molecule has 6 nitrogen and oxygen atoms in total. The molecule has 7 heteroatoms. The van der Waals surface area contributed by atoms with E-state index in [0.29, 0.717) is 25.3 Å². The molecule has 0 radical (unpaired) electrons. The number of anilines is 1. The number of aromatic nitrogens is 2. The van der Waals surface area contributed by atoms with Crippen LogP contribution >= 0.6 is 0 Å². The summed E-state index contributed by atoms with van der Waals surface area (Å²) in [6, 6.07) is 3.58. The minimum absolute atomic E-state index is 0.423. The molecule has 0 atom stereocenters. The van der Waals surface area contributed by atoms with Crippen LogP contribution in [-0.2, 0) is 10.0 Å². The molecule has 0 aliphatic rings. The van der Waals surface area contributed by atoms with Crippen molar-refractivity contribution in [2.45, 2.75) is 6.42 Å². The van der Waals surface area contributed by atoms with E-state index >= 15 is 0 Å². The van der Waals surface area contributed by atoms with Crippen molar-refractivity contribution in [3.63, 3.8) is 0 Å². The van der Waals surface area contributed by atoms with Gasteiger partial charge in [0.05, 0.1) is 6.26 Å². The topological polar surface area (TPSA) is 84.0 Å². The van der Waals surface area contributed by atoms with Crippen LogP contribution in [0.1, 0.15) is 6.42 Å². The van der Waals surface area contributed by atoms with Gasteiger partial charge in [-0.05, 0) is 18.6 Å². The molecule has 0 fully saturated rings. The maximum absolute atomic E-state index is 10.7. The van der Waals surface area contributed by atoms with E-state index in [1.54, 1.807) is 18.3 Å². The van der Waals surface area contributed by atoms with Crippen molar-refractivity contribution in [3.05, 3.63) is 18.3 Å². The van der Waals surface area contributed by atoms with Crippen molar-refractivity contribution in [2.24, 2.45) is 0 Å². The quantitative estimate of drug-likeness (QED) is 0.663. The minimum atomic E-state index is -3.07. The third-order valence-electron chi connectivity index (χ3n) is 1.60. The zero-order valence-electron chi connectivity index (χ0n) is 8.47. The Kier molecular flexibility index (Phi) is 4.44. The number of hydrogen-bond donors (Lipinski definition) is 2. The molecule has 84 valence electrons. The third-order valence-corrected chi connectivity index (χ3v) is 2.32. The predicted octanol–water partition coefficient (Wildman–Crippen LogP) is -0.172. The summed E-state index contributed by atoms with van der Waals surface area (Å²) in [5.74, 6) is 0.692. The Morgan fingerprint density at radius 1 is 1.40 bits per heavy atom. The molecule has 1 rings (SSSR count). The van der Waals surface area contributed by atoms with E-state index in [1.165, 1.54) is 0 Å². The Hall–Kier alpha value is -1.21. The smallest absolute Gasteiger partial charge is 0.208 e. The fourth-order valence-corrected chi connectivity index (χ4v) is 1.47. The fourth-order valence-electron chi connectivity index (χ4n) is 0.958. The van der Waals surface area contributed by atoms with Crippen LogP contribution in [0.15, 0.2) is 18.3 Å². The van der Waals surface area contributed by atoms with E-state index in [2.05, 4.69) is 20.2 Å². The molecule has 0 bridgehead atoms. The second-order valence-electron chi connectivity index (χ2n) is 3.06. The van der Waals surface area contributed by atoms with Gasteiger partial charge in [-0.25, -0.2) is 13.1 Å². The van der Waals surface area contributed by atoms with Crippen molar-refractivity contribution in [3.8, 4) is 0 Å². The van der Waals surface area contributed by atoms with Crippen molar-refractivity contribution in [2.75, 3.05) is 24.7 Å². The van der Waals surface area contributed by atoms with Crippen LogP contribution in [0.25, 0.3) is 0 Å². The SMILES string of the molecule is CS(=O)(=O)NCCCNc1cccnn1. The molecule has 1 aromatic heterocycles. The normalized spacial score (nSPS) is 11.3. The van der Waals surface area contributed by atoms with E-state index in [4.69, 9.17) is 0 Å². The zero-order chi connectivity index (χ0) is 11.1. The fraction of sp³-hybridized carbons (Fsp3) is 0.500. The number of nitrogens with one attached hydrogen (secondary N) is 2. The van der Waals surface area contributed by atoms with Gasteiger partial charge >= 0.3 is 0 Å². The maximum Gasteiger partial charge on any atom is 0.208 e. The van der Waals surface area contributed by atoms with Crippen LogP contribution in [-0.4, -0.2) is 38.0 Å². The van der Waals surface area contributed by atoms with Crippen LogP contribution in [0.2, 0.25) is 0 Å². The summed E-state index contributed by atoms with van der Waals surface area (Å²) in [6.45, 7) is 1.08. The maximum atomic E-state index is 10.7. The first-order valence-electron chi connectivity index (χ1n) is 4.54. The molecule has 0 aromatic carbocycles. The Morgan fingerprint density at radius 2 is 2.20 bits per heavy atom. The Labute approximate surface area is 89.2 Å². The van der Waals surface area contributed by atoms with Gasteiger partial charge in [-0.2, -0.15) is 5.10 Å². The molecular formula is C8H14N4O2S. The average Bonchev–Trinajstić information content (AvgIpc) is 2.17. The molecule has 0 amide bonds. The van der Waals surface area contributed by atoms with E-state index in [1.807, 2.05) is 0 Å². The molecule has 1 heterocycles. The molecule has 0 aliphatic heterocycles. The second kappa shape index (κ2) is 5.62. The standard InChI is InChI=1S/C8H14N4O2S/c1-15(13,14)11-7-3-5-9-8-4-2-6-10-12-8/h2,4,6,11H,3,5,7H2,1H3,(H,9,12). The first-order valence-corrected chi connectivity index (χ1v) is 6.43. The van der Waals surface area contributed by atoms with Gasteiger partial charge in [-0.15, -0.1) is 5.10 Å². The molecule has 1 aromatic rings. The summed E-state index contributed by atoms with van der Waals surface area (Å²) < 4.78 is 23.8. The zero-order valence-corrected chi connectivity index (χ0v) is 9.29. The Morgan fingerprint density at radius 3 is 2.80 bits per heavy atom. The van der Waals surface area contributed by atoms with E-state index in [9.17, 15) is 8.42 Å². The number of rotatable bonds is 6. The van der Waals surface area contributed by atoms with Gasteiger partial charge in [-0.1, -0.05) is 0 Å². The van der Waals surface area contributed by atoms with Gasteiger partial charge in [0, 0.05) is 19.3 Å². The molecule has 0 aliphatic carbocycles. The highest BCUT2D eigenvalue weighted by Gasteiger charge is 1.98. The minimum Gasteiger partial charge on any atom is -0.369 e. The molecule has 0 unspecified atom stereocenters. The lowest BCUT2D eigenvalue weighted by molar-refractivity contribution is 0.586. The lowest BCUT2D eigenvalue weighted by atomic mass is 10.4. The summed E-state index contributed by atoms with van der Waals surface area (Å²) >= 11 is 0. The lowest BCUT2D eigenvalue weighted by Crippen LogP contribution is -2.24. The summed E-state index contributed by atoms with van der Waals surface area (Å²) in [4.78, 5) is 0. The van der Waals surface area contributed by atoms with Crippen LogP contribution < -0.4 is 10.0 Å². The van der Waals surface area contributed by atoms with Crippen molar-refractivity contribution in [1.29, 1.82) is 0 Å².